The monoisotopic (exact) mass is 563 g/mol. The summed E-state index contributed by atoms with van der Waals surface area (Å²) < 4.78 is 11.4. The van der Waals surface area contributed by atoms with Crippen LogP contribution < -0.4 is 14.5 Å². The second kappa shape index (κ2) is 11.4. The van der Waals surface area contributed by atoms with Gasteiger partial charge >= 0.3 is 0 Å². The molecule has 40 heavy (non-hydrogen) atoms. The minimum Gasteiger partial charge on any atom is -0.491 e. The Morgan fingerprint density at radius 2 is 1.95 bits per heavy atom. The van der Waals surface area contributed by atoms with Gasteiger partial charge in [-0.1, -0.05) is 30.1 Å². The standard InChI is InChI=1S/C29H34ClN7O3/c1-7-8-20(38)15-39-21-9-10-23(30)22(11-21)27-33-26(25-17(3)35-40-18(25)4)16(2)28(34-27)37-13-19-12-31-29(36(5)6)32-24(19)14-37/h9-12,20,38H,7-8,13-15H2,1-6H3/t20-/m1/s1. The van der Waals surface area contributed by atoms with Crippen molar-refractivity contribution in [2.24, 2.45) is 0 Å². The third-order valence-corrected chi connectivity index (χ3v) is 7.31. The number of aryl methyl sites for hydroxylation is 2. The highest BCUT2D eigenvalue weighted by molar-refractivity contribution is 6.33. The van der Waals surface area contributed by atoms with Crippen LogP contribution in [0.3, 0.4) is 0 Å². The summed E-state index contributed by atoms with van der Waals surface area (Å²) in [6, 6.07) is 5.37. The van der Waals surface area contributed by atoms with Crippen molar-refractivity contribution in [2.45, 2.75) is 59.7 Å². The molecule has 1 aromatic carbocycles. The first-order valence-corrected chi connectivity index (χ1v) is 13.7. The van der Waals surface area contributed by atoms with E-state index in [0.29, 0.717) is 53.4 Å². The lowest BCUT2D eigenvalue weighted by atomic mass is 10.0. The number of aliphatic hydroxyl groups excluding tert-OH is 1. The molecule has 0 amide bonds. The molecule has 210 valence electrons. The van der Waals surface area contributed by atoms with Crippen LogP contribution in [0.15, 0.2) is 28.9 Å². The Labute approximate surface area is 239 Å². The number of aliphatic hydroxyl groups is 1. The van der Waals surface area contributed by atoms with E-state index in [-0.39, 0.29) is 6.61 Å². The van der Waals surface area contributed by atoms with Crippen molar-refractivity contribution in [1.29, 1.82) is 0 Å². The zero-order chi connectivity index (χ0) is 28.6. The van der Waals surface area contributed by atoms with Gasteiger partial charge < -0.3 is 24.2 Å². The number of hydrogen-bond donors (Lipinski definition) is 1. The van der Waals surface area contributed by atoms with Crippen LogP contribution in [0.25, 0.3) is 22.6 Å². The molecular formula is C29H34ClN7O3. The lowest BCUT2D eigenvalue weighted by Gasteiger charge is -2.22. The number of aromatic nitrogens is 5. The van der Waals surface area contributed by atoms with Gasteiger partial charge in [0.15, 0.2) is 5.82 Å². The van der Waals surface area contributed by atoms with Gasteiger partial charge in [-0.15, -0.1) is 0 Å². The maximum absolute atomic E-state index is 10.1. The van der Waals surface area contributed by atoms with Gasteiger partial charge in [0.25, 0.3) is 0 Å². The van der Waals surface area contributed by atoms with E-state index in [1.54, 1.807) is 12.1 Å². The topological polar surface area (TPSA) is 114 Å². The third kappa shape index (κ3) is 5.46. The van der Waals surface area contributed by atoms with Crippen molar-refractivity contribution in [2.75, 3.05) is 30.5 Å². The predicted molar refractivity (Wildman–Crippen MR) is 155 cm³/mol. The average Bonchev–Trinajstić information content (AvgIpc) is 3.50. The summed E-state index contributed by atoms with van der Waals surface area (Å²) >= 11 is 6.70. The van der Waals surface area contributed by atoms with Gasteiger partial charge in [-0.25, -0.2) is 19.9 Å². The Hall–Kier alpha value is -3.76. The minimum atomic E-state index is -0.537. The van der Waals surface area contributed by atoms with Gasteiger partial charge in [0.2, 0.25) is 5.95 Å². The van der Waals surface area contributed by atoms with Gasteiger partial charge in [0.05, 0.1) is 40.3 Å². The van der Waals surface area contributed by atoms with Crippen LogP contribution in [-0.2, 0) is 13.1 Å². The fraction of sp³-hybridized carbons (Fsp3) is 0.414. The van der Waals surface area contributed by atoms with E-state index < -0.39 is 6.10 Å². The van der Waals surface area contributed by atoms with E-state index in [1.165, 1.54) is 0 Å². The molecule has 1 aliphatic heterocycles. The predicted octanol–water partition coefficient (Wildman–Crippen LogP) is 5.29. The van der Waals surface area contributed by atoms with Crippen LogP contribution >= 0.6 is 11.6 Å². The van der Waals surface area contributed by atoms with Crippen LogP contribution in [0, 0.1) is 20.8 Å². The molecule has 11 heteroatoms. The van der Waals surface area contributed by atoms with Crippen molar-refractivity contribution in [3.63, 3.8) is 0 Å². The Morgan fingerprint density at radius 3 is 2.65 bits per heavy atom. The largest absolute Gasteiger partial charge is 0.491 e. The second-order valence-corrected chi connectivity index (χ2v) is 10.7. The number of anilines is 2. The molecule has 1 aliphatic rings. The van der Waals surface area contributed by atoms with Crippen LogP contribution in [-0.4, -0.2) is 57.0 Å². The lowest BCUT2D eigenvalue weighted by Crippen LogP contribution is -2.19. The summed E-state index contributed by atoms with van der Waals surface area (Å²) in [6.45, 7) is 9.22. The summed E-state index contributed by atoms with van der Waals surface area (Å²) in [6.07, 6.45) is 2.90. The van der Waals surface area contributed by atoms with Gasteiger partial charge in [-0.3, -0.25) is 0 Å². The molecule has 10 nitrogen and oxygen atoms in total. The van der Waals surface area contributed by atoms with E-state index >= 15 is 0 Å². The van der Waals surface area contributed by atoms with E-state index in [0.717, 1.165) is 46.0 Å². The number of rotatable bonds is 9. The lowest BCUT2D eigenvalue weighted by molar-refractivity contribution is 0.0994. The summed E-state index contributed by atoms with van der Waals surface area (Å²) in [4.78, 5) is 23.4. The Balaban J connectivity index is 1.59. The summed E-state index contributed by atoms with van der Waals surface area (Å²) in [5.74, 6) is 3.15. The zero-order valence-corrected chi connectivity index (χ0v) is 24.5. The Bertz CT molecular complexity index is 1520. The molecule has 0 spiro atoms. The highest BCUT2D eigenvalue weighted by Crippen LogP contribution is 2.39. The highest BCUT2D eigenvalue weighted by Gasteiger charge is 2.28. The zero-order valence-electron chi connectivity index (χ0n) is 23.7. The maximum atomic E-state index is 10.1. The summed E-state index contributed by atoms with van der Waals surface area (Å²) in [5.41, 5.74) is 5.87. The number of fused-ring (bicyclic) bond motifs is 1. The molecule has 0 aliphatic carbocycles. The molecule has 5 rings (SSSR count). The second-order valence-electron chi connectivity index (χ2n) is 10.3. The summed E-state index contributed by atoms with van der Waals surface area (Å²) in [5, 5.41) is 14.8. The van der Waals surface area contributed by atoms with E-state index in [4.69, 9.17) is 35.8 Å². The summed E-state index contributed by atoms with van der Waals surface area (Å²) in [7, 11) is 3.86. The molecule has 1 N–H and O–H groups in total. The van der Waals surface area contributed by atoms with Crippen LogP contribution in [0.5, 0.6) is 5.75 Å². The molecule has 4 heterocycles. The molecule has 4 aromatic rings. The van der Waals surface area contributed by atoms with Gasteiger partial charge in [-0.2, -0.15) is 0 Å². The number of hydrogen-bond acceptors (Lipinski definition) is 10. The van der Waals surface area contributed by atoms with Crippen molar-refractivity contribution < 1.29 is 14.4 Å². The van der Waals surface area contributed by atoms with Crippen molar-refractivity contribution >= 4 is 23.4 Å². The van der Waals surface area contributed by atoms with Crippen molar-refractivity contribution in [1.82, 2.24) is 25.1 Å². The SMILES string of the molecule is CCC[C@@H](O)COc1ccc(Cl)c(-c2nc(-c3c(C)noc3C)c(C)c(N3Cc4cnc(N(C)C)nc4C3)n2)c1. The minimum absolute atomic E-state index is 0.196. The van der Waals surface area contributed by atoms with Crippen molar-refractivity contribution in [3.8, 4) is 28.4 Å². The van der Waals surface area contributed by atoms with Crippen molar-refractivity contribution in [3.05, 3.63) is 57.7 Å². The molecule has 1 atom stereocenters. The molecule has 0 bridgehead atoms. The van der Waals surface area contributed by atoms with E-state index in [1.807, 2.05) is 59.0 Å². The molecule has 0 saturated carbocycles. The van der Waals surface area contributed by atoms with Gasteiger partial charge in [0.1, 0.15) is 23.9 Å². The highest BCUT2D eigenvalue weighted by atomic mass is 35.5. The number of benzene rings is 1. The van der Waals surface area contributed by atoms with E-state index in [2.05, 4.69) is 15.0 Å². The van der Waals surface area contributed by atoms with Gasteiger partial charge in [0, 0.05) is 43.5 Å². The number of ether oxygens (including phenoxy) is 1. The number of nitrogens with zero attached hydrogens (tertiary/aromatic N) is 7. The molecular weight excluding hydrogens is 530 g/mol. The quantitative estimate of drug-likeness (QED) is 0.288. The van der Waals surface area contributed by atoms with Crippen LogP contribution in [0.2, 0.25) is 5.02 Å². The van der Waals surface area contributed by atoms with Crippen LogP contribution in [0.1, 0.15) is 48.0 Å². The van der Waals surface area contributed by atoms with Crippen LogP contribution in [0.4, 0.5) is 11.8 Å². The normalized spacial score (nSPS) is 13.4. The third-order valence-electron chi connectivity index (χ3n) is 6.98. The Kier molecular flexibility index (Phi) is 7.91. The first-order chi connectivity index (χ1) is 19.2. The fourth-order valence-corrected chi connectivity index (χ4v) is 5.08. The maximum Gasteiger partial charge on any atom is 0.225 e. The molecule has 3 aromatic heterocycles. The first kappa shape index (κ1) is 27.8. The first-order valence-electron chi connectivity index (χ1n) is 13.4. The number of halogens is 1. The van der Waals surface area contributed by atoms with E-state index in [9.17, 15) is 5.11 Å². The molecule has 0 saturated heterocycles. The fourth-order valence-electron chi connectivity index (χ4n) is 4.88. The molecule has 0 fully saturated rings. The Morgan fingerprint density at radius 1 is 1.15 bits per heavy atom. The van der Waals surface area contributed by atoms with Gasteiger partial charge in [-0.05, 0) is 45.4 Å². The molecule has 0 unspecified atom stereocenters. The molecule has 0 radical (unpaired) electrons. The average molecular weight is 564 g/mol. The smallest absolute Gasteiger partial charge is 0.225 e.